The van der Waals surface area contributed by atoms with Crippen LogP contribution in [-0.4, -0.2) is 26.1 Å². The number of hydrogen-bond donors (Lipinski definition) is 1. The lowest BCUT2D eigenvalue weighted by Gasteiger charge is -2.10. The van der Waals surface area contributed by atoms with E-state index in [1.54, 1.807) is 13.2 Å². The maximum Gasteiger partial charge on any atom is 0.167 e. The second-order valence-electron chi connectivity index (χ2n) is 3.51. The lowest BCUT2D eigenvalue weighted by Crippen LogP contribution is -2.00. The highest BCUT2D eigenvalue weighted by Crippen LogP contribution is 2.31. The van der Waals surface area contributed by atoms with Crippen LogP contribution in [0.25, 0.3) is 0 Å². The van der Waals surface area contributed by atoms with Crippen molar-refractivity contribution in [2.45, 2.75) is 18.2 Å². The average Bonchev–Trinajstić information content (AvgIpc) is 2.31. The summed E-state index contributed by atoms with van der Waals surface area (Å²) in [5, 5.41) is 0. The van der Waals surface area contributed by atoms with Crippen molar-refractivity contribution in [2.24, 2.45) is 0 Å². The van der Waals surface area contributed by atoms with Gasteiger partial charge in [-0.1, -0.05) is 6.92 Å². The molecule has 0 aliphatic carbocycles. The molecule has 0 fully saturated rings. The van der Waals surface area contributed by atoms with Gasteiger partial charge in [-0.15, -0.1) is 11.8 Å². The largest absolute Gasteiger partial charge is 0.490 e. The highest BCUT2D eigenvalue weighted by molar-refractivity contribution is 7.99. The summed E-state index contributed by atoms with van der Waals surface area (Å²) in [4.78, 5) is 0.828. The molecule has 0 aliphatic rings. The molecule has 0 aromatic heterocycles. The number of nitrogens with two attached hydrogens (primary N) is 1. The SMILES string of the molecule is CCCOc1cc(SCCOC)c(N)cc1F. The highest BCUT2D eigenvalue weighted by Gasteiger charge is 2.09. The molecule has 0 unspecified atom stereocenters. The van der Waals surface area contributed by atoms with Gasteiger partial charge in [0.2, 0.25) is 0 Å². The number of hydrogen-bond acceptors (Lipinski definition) is 4. The van der Waals surface area contributed by atoms with E-state index < -0.39 is 5.82 Å². The fraction of sp³-hybridized carbons (Fsp3) is 0.500. The second kappa shape index (κ2) is 7.40. The smallest absolute Gasteiger partial charge is 0.167 e. The zero-order valence-electron chi connectivity index (χ0n) is 10.2. The van der Waals surface area contributed by atoms with Crippen molar-refractivity contribution in [3.05, 3.63) is 17.9 Å². The molecule has 0 radical (unpaired) electrons. The lowest BCUT2D eigenvalue weighted by molar-refractivity contribution is 0.218. The van der Waals surface area contributed by atoms with Gasteiger partial charge in [-0.05, 0) is 12.5 Å². The van der Waals surface area contributed by atoms with E-state index in [2.05, 4.69) is 0 Å². The third kappa shape index (κ3) is 4.44. The Labute approximate surface area is 105 Å². The van der Waals surface area contributed by atoms with Gasteiger partial charge in [-0.25, -0.2) is 4.39 Å². The Morgan fingerprint density at radius 3 is 2.76 bits per heavy atom. The summed E-state index contributed by atoms with van der Waals surface area (Å²) in [5.41, 5.74) is 6.18. The average molecular weight is 259 g/mol. The summed E-state index contributed by atoms with van der Waals surface area (Å²) in [7, 11) is 1.64. The monoisotopic (exact) mass is 259 g/mol. The minimum absolute atomic E-state index is 0.265. The quantitative estimate of drug-likeness (QED) is 0.464. The highest BCUT2D eigenvalue weighted by atomic mass is 32.2. The van der Waals surface area contributed by atoms with Crippen molar-refractivity contribution in [1.82, 2.24) is 0 Å². The van der Waals surface area contributed by atoms with Gasteiger partial charge in [0.1, 0.15) is 0 Å². The molecule has 0 atom stereocenters. The summed E-state index contributed by atoms with van der Waals surface area (Å²) < 4.78 is 23.8. The molecule has 1 aromatic rings. The molecule has 0 saturated carbocycles. The molecule has 5 heteroatoms. The van der Waals surface area contributed by atoms with Crippen molar-refractivity contribution >= 4 is 17.4 Å². The molecule has 17 heavy (non-hydrogen) atoms. The molecule has 3 nitrogen and oxygen atoms in total. The van der Waals surface area contributed by atoms with Gasteiger partial charge in [0.05, 0.1) is 13.2 Å². The summed E-state index contributed by atoms with van der Waals surface area (Å²) in [6, 6.07) is 2.96. The van der Waals surface area contributed by atoms with Crippen molar-refractivity contribution in [1.29, 1.82) is 0 Å². The van der Waals surface area contributed by atoms with Crippen molar-refractivity contribution in [2.75, 3.05) is 31.8 Å². The van der Waals surface area contributed by atoms with Gasteiger partial charge < -0.3 is 15.2 Å². The molecule has 0 amide bonds. The van der Waals surface area contributed by atoms with Crippen LogP contribution in [0.1, 0.15) is 13.3 Å². The van der Waals surface area contributed by atoms with E-state index in [-0.39, 0.29) is 5.75 Å². The van der Waals surface area contributed by atoms with E-state index in [1.807, 2.05) is 6.92 Å². The van der Waals surface area contributed by atoms with Gasteiger partial charge in [0.15, 0.2) is 11.6 Å². The van der Waals surface area contributed by atoms with Crippen molar-refractivity contribution in [3.8, 4) is 5.75 Å². The zero-order valence-corrected chi connectivity index (χ0v) is 11.0. The van der Waals surface area contributed by atoms with Crippen LogP contribution in [0.4, 0.5) is 10.1 Å². The van der Waals surface area contributed by atoms with E-state index in [1.165, 1.54) is 17.8 Å². The Kier molecular flexibility index (Phi) is 6.15. The molecule has 0 saturated heterocycles. The van der Waals surface area contributed by atoms with Crippen molar-refractivity contribution < 1.29 is 13.9 Å². The number of ether oxygens (including phenoxy) is 2. The lowest BCUT2D eigenvalue weighted by atomic mass is 10.3. The molecule has 0 spiro atoms. The first kappa shape index (κ1) is 14.1. The van der Waals surface area contributed by atoms with Gasteiger partial charge in [0, 0.05) is 29.5 Å². The van der Waals surface area contributed by atoms with E-state index in [9.17, 15) is 4.39 Å². The molecule has 96 valence electrons. The third-order valence-electron chi connectivity index (χ3n) is 2.07. The Hall–Kier alpha value is -0.940. The Bertz CT molecular complexity index is 361. The topological polar surface area (TPSA) is 44.5 Å². The third-order valence-corrected chi connectivity index (χ3v) is 3.11. The normalized spacial score (nSPS) is 10.5. The van der Waals surface area contributed by atoms with Crippen LogP contribution >= 0.6 is 11.8 Å². The van der Waals surface area contributed by atoms with Crippen LogP contribution in [0.2, 0.25) is 0 Å². The zero-order chi connectivity index (χ0) is 12.7. The van der Waals surface area contributed by atoms with E-state index >= 15 is 0 Å². The maximum absolute atomic E-state index is 13.5. The van der Waals surface area contributed by atoms with Crippen LogP contribution in [0.15, 0.2) is 17.0 Å². The number of nitrogen functional groups attached to an aromatic ring is 1. The molecular weight excluding hydrogens is 241 g/mol. The van der Waals surface area contributed by atoms with Gasteiger partial charge in [-0.3, -0.25) is 0 Å². The standard InChI is InChI=1S/C12H18FNO2S/c1-3-4-16-11-8-12(17-6-5-15-2)10(14)7-9(11)13/h7-8H,3-6,14H2,1-2H3. The first-order valence-electron chi connectivity index (χ1n) is 5.52. The van der Waals surface area contributed by atoms with Crippen LogP contribution in [0, 0.1) is 5.82 Å². The van der Waals surface area contributed by atoms with E-state index in [4.69, 9.17) is 15.2 Å². The minimum Gasteiger partial charge on any atom is -0.490 e. The fourth-order valence-electron chi connectivity index (χ4n) is 1.23. The van der Waals surface area contributed by atoms with Crippen LogP contribution in [0.3, 0.4) is 0 Å². The number of thioether (sulfide) groups is 1. The van der Waals surface area contributed by atoms with Gasteiger partial charge in [0.25, 0.3) is 0 Å². The predicted molar refractivity (Wildman–Crippen MR) is 69.2 cm³/mol. The van der Waals surface area contributed by atoms with Crippen LogP contribution in [-0.2, 0) is 4.74 Å². The number of rotatable bonds is 7. The minimum atomic E-state index is -0.410. The Morgan fingerprint density at radius 1 is 1.35 bits per heavy atom. The number of benzene rings is 1. The summed E-state index contributed by atoms with van der Waals surface area (Å²) in [6.07, 6.45) is 0.843. The first-order chi connectivity index (χ1) is 8.19. The Balaban J connectivity index is 2.74. The predicted octanol–water partition coefficient (Wildman–Crippen LogP) is 2.94. The molecule has 1 rings (SSSR count). The van der Waals surface area contributed by atoms with E-state index in [0.29, 0.717) is 18.9 Å². The summed E-state index contributed by atoms with van der Waals surface area (Å²) in [6.45, 7) is 3.11. The summed E-state index contributed by atoms with van der Waals surface area (Å²) in [5.74, 6) is 0.632. The second-order valence-corrected chi connectivity index (χ2v) is 4.65. The van der Waals surface area contributed by atoms with Crippen molar-refractivity contribution in [3.63, 3.8) is 0 Å². The molecule has 0 bridgehead atoms. The Morgan fingerprint density at radius 2 is 2.12 bits per heavy atom. The molecule has 2 N–H and O–H groups in total. The maximum atomic E-state index is 13.5. The number of halogens is 1. The number of anilines is 1. The van der Waals surface area contributed by atoms with Crippen LogP contribution < -0.4 is 10.5 Å². The van der Waals surface area contributed by atoms with E-state index in [0.717, 1.165) is 17.1 Å². The van der Waals surface area contributed by atoms with Gasteiger partial charge in [-0.2, -0.15) is 0 Å². The summed E-state index contributed by atoms with van der Waals surface area (Å²) >= 11 is 1.53. The number of methoxy groups -OCH3 is 1. The molecule has 0 aliphatic heterocycles. The molecule has 1 aromatic carbocycles. The fourth-order valence-corrected chi connectivity index (χ4v) is 2.12. The van der Waals surface area contributed by atoms with Gasteiger partial charge >= 0.3 is 0 Å². The molecule has 0 heterocycles. The first-order valence-corrected chi connectivity index (χ1v) is 6.51. The van der Waals surface area contributed by atoms with Crippen LogP contribution in [0.5, 0.6) is 5.75 Å². The molecular formula is C12H18FNO2S.